The maximum atomic E-state index is 12.8. The van der Waals surface area contributed by atoms with Crippen LogP contribution in [0.2, 0.25) is 0 Å². The fraction of sp³-hybridized carbons (Fsp3) is 0.333. The van der Waals surface area contributed by atoms with E-state index >= 15 is 0 Å². The standard InChI is InChI=1S/C15H17FN2O4S/c1-10-7-14(18-22-10)9-23(20,21)11(2)15(19)17-8-12-3-5-13(16)6-4-12/h3-7,11H,8-9H2,1-2H3,(H,17,19). The van der Waals surface area contributed by atoms with E-state index in [1.165, 1.54) is 37.3 Å². The van der Waals surface area contributed by atoms with E-state index in [0.29, 0.717) is 11.3 Å². The van der Waals surface area contributed by atoms with E-state index in [-0.39, 0.29) is 23.8 Å². The Kier molecular flexibility index (Phi) is 5.15. The first-order valence-corrected chi connectivity index (χ1v) is 8.65. The van der Waals surface area contributed by atoms with E-state index in [2.05, 4.69) is 10.5 Å². The van der Waals surface area contributed by atoms with Crippen molar-refractivity contribution in [2.45, 2.75) is 31.4 Å². The van der Waals surface area contributed by atoms with Gasteiger partial charge in [0.05, 0.1) is 11.4 Å². The number of rotatable bonds is 6. The van der Waals surface area contributed by atoms with E-state index in [1.54, 1.807) is 6.92 Å². The summed E-state index contributed by atoms with van der Waals surface area (Å²) in [6.45, 7) is 3.10. The third-order valence-corrected chi connectivity index (χ3v) is 5.30. The molecule has 0 saturated heterocycles. The number of nitrogens with one attached hydrogen (secondary N) is 1. The van der Waals surface area contributed by atoms with Crippen LogP contribution in [-0.2, 0) is 26.9 Å². The van der Waals surface area contributed by atoms with Crippen LogP contribution in [0.4, 0.5) is 4.39 Å². The van der Waals surface area contributed by atoms with Crippen LogP contribution in [0.5, 0.6) is 0 Å². The predicted octanol–water partition coefficient (Wildman–Crippen LogP) is 1.74. The topological polar surface area (TPSA) is 89.3 Å². The highest BCUT2D eigenvalue weighted by molar-refractivity contribution is 7.92. The molecule has 2 rings (SSSR count). The zero-order chi connectivity index (χ0) is 17.0. The van der Waals surface area contributed by atoms with Gasteiger partial charge in [0.25, 0.3) is 0 Å². The number of aryl methyl sites for hydroxylation is 1. The molecule has 1 atom stereocenters. The van der Waals surface area contributed by atoms with Gasteiger partial charge in [0.2, 0.25) is 5.91 Å². The molecule has 8 heteroatoms. The number of hydrogen-bond acceptors (Lipinski definition) is 5. The Bertz CT molecular complexity index is 784. The molecule has 1 amide bonds. The third-order valence-electron chi connectivity index (χ3n) is 3.31. The first-order valence-electron chi connectivity index (χ1n) is 6.94. The smallest absolute Gasteiger partial charge is 0.238 e. The SMILES string of the molecule is Cc1cc(CS(=O)(=O)C(C)C(=O)NCc2ccc(F)cc2)no1. The minimum absolute atomic E-state index is 0.127. The second kappa shape index (κ2) is 6.91. The molecule has 1 aromatic heterocycles. The third kappa shape index (κ3) is 4.62. The van der Waals surface area contributed by atoms with E-state index in [0.717, 1.165) is 0 Å². The summed E-state index contributed by atoms with van der Waals surface area (Å²) in [4.78, 5) is 12.0. The molecule has 0 fully saturated rings. The van der Waals surface area contributed by atoms with Crippen LogP contribution in [0.3, 0.4) is 0 Å². The van der Waals surface area contributed by atoms with Crippen LogP contribution < -0.4 is 5.32 Å². The lowest BCUT2D eigenvalue weighted by atomic mass is 10.2. The molecule has 1 heterocycles. The van der Waals surface area contributed by atoms with E-state index in [4.69, 9.17) is 4.52 Å². The summed E-state index contributed by atoms with van der Waals surface area (Å²) in [5.41, 5.74) is 0.942. The van der Waals surface area contributed by atoms with Gasteiger partial charge in [0.15, 0.2) is 9.84 Å². The Morgan fingerprint density at radius 2 is 2.00 bits per heavy atom. The second-order valence-corrected chi connectivity index (χ2v) is 7.54. The molecule has 0 bridgehead atoms. The first-order chi connectivity index (χ1) is 10.8. The Balaban J connectivity index is 1.96. The van der Waals surface area contributed by atoms with Crippen LogP contribution in [0.15, 0.2) is 34.9 Å². The average molecular weight is 340 g/mol. The van der Waals surface area contributed by atoms with Crippen LogP contribution in [0.1, 0.15) is 23.9 Å². The fourth-order valence-electron chi connectivity index (χ4n) is 1.92. The van der Waals surface area contributed by atoms with Crippen LogP contribution in [0, 0.1) is 12.7 Å². The molecule has 6 nitrogen and oxygen atoms in total. The number of aromatic nitrogens is 1. The van der Waals surface area contributed by atoms with Gasteiger partial charge in [0.1, 0.15) is 16.8 Å². The van der Waals surface area contributed by atoms with Crippen LogP contribution >= 0.6 is 0 Å². The zero-order valence-electron chi connectivity index (χ0n) is 12.7. The molecule has 1 unspecified atom stereocenters. The van der Waals surface area contributed by atoms with Gasteiger partial charge in [-0.2, -0.15) is 0 Å². The van der Waals surface area contributed by atoms with Gasteiger partial charge >= 0.3 is 0 Å². The van der Waals surface area contributed by atoms with Crippen molar-refractivity contribution in [3.8, 4) is 0 Å². The maximum absolute atomic E-state index is 12.8. The molecule has 124 valence electrons. The Hall–Kier alpha value is -2.22. The summed E-state index contributed by atoms with van der Waals surface area (Å²) in [6.07, 6.45) is 0. The minimum Gasteiger partial charge on any atom is -0.361 e. The highest BCUT2D eigenvalue weighted by atomic mass is 32.2. The van der Waals surface area contributed by atoms with Crippen LogP contribution in [0.25, 0.3) is 0 Å². The second-order valence-electron chi connectivity index (χ2n) is 5.22. The highest BCUT2D eigenvalue weighted by Gasteiger charge is 2.29. The molecule has 0 aliphatic carbocycles. The van der Waals surface area contributed by atoms with Crippen molar-refractivity contribution in [2.75, 3.05) is 0 Å². The van der Waals surface area contributed by atoms with Gasteiger partial charge in [0, 0.05) is 12.6 Å². The fourth-order valence-corrected chi connectivity index (χ4v) is 3.12. The summed E-state index contributed by atoms with van der Waals surface area (Å²) in [6, 6.07) is 7.10. The molecule has 0 aliphatic heterocycles. The lowest BCUT2D eigenvalue weighted by Gasteiger charge is -2.12. The van der Waals surface area contributed by atoms with Gasteiger partial charge in [-0.1, -0.05) is 17.3 Å². The van der Waals surface area contributed by atoms with Crippen molar-refractivity contribution in [3.05, 3.63) is 53.2 Å². The van der Waals surface area contributed by atoms with Gasteiger partial charge in [-0.15, -0.1) is 0 Å². The number of amides is 1. The number of nitrogens with zero attached hydrogens (tertiary/aromatic N) is 1. The number of carbonyl (C=O) groups excluding carboxylic acids is 1. The molecule has 0 aliphatic rings. The lowest BCUT2D eigenvalue weighted by molar-refractivity contribution is -0.120. The van der Waals surface area contributed by atoms with E-state index < -0.39 is 21.0 Å². The van der Waals surface area contributed by atoms with Crippen molar-refractivity contribution in [1.29, 1.82) is 0 Å². The summed E-state index contributed by atoms with van der Waals surface area (Å²) >= 11 is 0. The maximum Gasteiger partial charge on any atom is 0.238 e. The van der Waals surface area contributed by atoms with Crippen molar-refractivity contribution in [2.24, 2.45) is 0 Å². The highest BCUT2D eigenvalue weighted by Crippen LogP contribution is 2.12. The summed E-state index contributed by atoms with van der Waals surface area (Å²) in [5.74, 6) is -0.854. The van der Waals surface area contributed by atoms with Crippen molar-refractivity contribution in [3.63, 3.8) is 0 Å². The number of halogens is 1. The van der Waals surface area contributed by atoms with Gasteiger partial charge < -0.3 is 9.84 Å². The van der Waals surface area contributed by atoms with E-state index in [9.17, 15) is 17.6 Å². The molecular formula is C15H17FN2O4S. The van der Waals surface area contributed by atoms with Gasteiger partial charge in [-0.3, -0.25) is 4.79 Å². The van der Waals surface area contributed by atoms with Crippen molar-refractivity contribution < 1.29 is 22.1 Å². The Morgan fingerprint density at radius 1 is 1.35 bits per heavy atom. The van der Waals surface area contributed by atoms with Gasteiger partial charge in [-0.05, 0) is 31.5 Å². The Labute approximate surface area is 133 Å². The minimum atomic E-state index is -3.70. The Morgan fingerprint density at radius 3 is 2.57 bits per heavy atom. The molecular weight excluding hydrogens is 323 g/mol. The average Bonchev–Trinajstić information content (AvgIpc) is 2.90. The van der Waals surface area contributed by atoms with Crippen LogP contribution in [-0.4, -0.2) is 24.7 Å². The molecule has 1 N–H and O–H groups in total. The summed E-state index contributed by atoms with van der Waals surface area (Å²) in [7, 11) is -3.70. The van der Waals surface area contributed by atoms with E-state index in [1.807, 2.05) is 0 Å². The first kappa shape index (κ1) is 17.1. The summed E-state index contributed by atoms with van der Waals surface area (Å²) in [5, 5.41) is 4.93. The van der Waals surface area contributed by atoms with Crippen molar-refractivity contribution in [1.82, 2.24) is 10.5 Å². The molecule has 23 heavy (non-hydrogen) atoms. The van der Waals surface area contributed by atoms with Gasteiger partial charge in [-0.25, -0.2) is 12.8 Å². The molecule has 0 saturated carbocycles. The zero-order valence-corrected chi connectivity index (χ0v) is 13.6. The molecule has 2 aromatic rings. The monoisotopic (exact) mass is 340 g/mol. The largest absolute Gasteiger partial charge is 0.361 e. The molecule has 1 aromatic carbocycles. The number of sulfone groups is 1. The number of benzene rings is 1. The molecule has 0 radical (unpaired) electrons. The lowest BCUT2D eigenvalue weighted by Crippen LogP contribution is -2.38. The quantitative estimate of drug-likeness (QED) is 0.865. The summed E-state index contributed by atoms with van der Waals surface area (Å²) < 4.78 is 42.0. The number of carbonyl (C=O) groups is 1. The number of hydrogen-bond donors (Lipinski definition) is 1. The normalized spacial score (nSPS) is 12.8. The molecule has 0 spiro atoms. The predicted molar refractivity (Wildman–Crippen MR) is 81.6 cm³/mol. The van der Waals surface area contributed by atoms with Crippen molar-refractivity contribution >= 4 is 15.7 Å².